The lowest BCUT2D eigenvalue weighted by Crippen LogP contribution is -2.54. The maximum Gasteiger partial charge on any atom is 0.306 e. The number of unbranched alkanes of at least 4 members (excludes halogenated alkanes) is 2. The van der Waals surface area contributed by atoms with Gasteiger partial charge in [0.1, 0.15) is 12.2 Å². The molecule has 0 aromatic rings. The highest BCUT2D eigenvalue weighted by atomic mass is 16.5. The second-order valence-corrected chi connectivity index (χ2v) is 20.8. The van der Waals surface area contributed by atoms with Crippen LogP contribution >= 0.6 is 0 Å². The number of esters is 2. The van der Waals surface area contributed by atoms with E-state index in [0.717, 1.165) is 88.4 Å². The average Bonchev–Trinajstić information content (AvgIpc) is 3.58. The quantitative estimate of drug-likeness (QED) is 0.184. The van der Waals surface area contributed by atoms with Crippen molar-refractivity contribution in [1.82, 2.24) is 0 Å². The summed E-state index contributed by atoms with van der Waals surface area (Å²) in [6, 6.07) is 0. The third-order valence-corrected chi connectivity index (χ3v) is 17.6. The summed E-state index contributed by atoms with van der Waals surface area (Å²) in [6.45, 7) is 19.0. The minimum Gasteiger partial charge on any atom is -0.462 e. The second kappa shape index (κ2) is 14.4. The Morgan fingerprint density at radius 2 is 1.11 bits per heavy atom. The zero-order chi connectivity index (χ0) is 37.4. The van der Waals surface area contributed by atoms with Crippen LogP contribution in [-0.2, 0) is 23.9 Å². The van der Waals surface area contributed by atoms with Crippen LogP contribution in [-0.4, -0.2) is 29.9 Å². The Bertz CT molecular complexity index is 1430. The fourth-order valence-electron chi connectivity index (χ4n) is 15.8. The van der Waals surface area contributed by atoms with Gasteiger partial charge in [-0.3, -0.25) is 14.4 Å². The van der Waals surface area contributed by atoms with E-state index < -0.39 is 0 Å². The van der Waals surface area contributed by atoms with Crippen molar-refractivity contribution >= 4 is 17.7 Å². The Balaban J connectivity index is 0.793. The topological polar surface area (TPSA) is 69.7 Å². The lowest BCUT2D eigenvalue weighted by molar-refractivity contribution is -0.163. The standard InChI is InChI=1S/C48H70O5/c1-27-13-15-35-32(21-27)22-28(2)45-37-17-19-39(47(37,6)25-30(4)43(35)45)52-41(50)11-9-8-10-12-42(51)53-40-20-18-38-46-29(3)23-33-24-34(49)14-16-36(33)44(46)31(5)26-48(38,40)7/h21,24,28-31,35-40,43-46H,1,8-20,22-23,25-26H2,2-7H3. The molecule has 6 fully saturated rings. The molecule has 16 unspecified atom stereocenters. The van der Waals surface area contributed by atoms with E-state index in [-0.39, 0.29) is 35.0 Å². The number of ether oxygens (including phenoxy) is 2. The van der Waals surface area contributed by atoms with Gasteiger partial charge in [0, 0.05) is 30.1 Å². The molecule has 16 atom stereocenters. The van der Waals surface area contributed by atoms with Gasteiger partial charge in [-0.25, -0.2) is 0 Å². The van der Waals surface area contributed by atoms with Crippen LogP contribution in [0, 0.1) is 81.8 Å². The first kappa shape index (κ1) is 37.7. The molecule has 0 N–H and O–H groups in total. The van der Waals surface area contributed by atoms with E-state index in [4.69, 9.17) is 9.47 Å². The van der Waals surface area contributed by atoms with E-state index in [0.29, 0.717) is 78.3 Å². The minimum absolute atomic E-state index is 0.00242. The van der Waals surface area contributed by atoms with Gasteiger partial charge in [-0.05, 0) is 161 Å². The molecule has 0 spiro atoms. The molecule has 5 nitrogen and oxygen atoms in total. The monoisotopic (exact) mass is 727 g/mol. The molecule has 0 radical (unpaired) electrons. The molecular formula is C48H70O5. The van der Waals surface area contributed by atoms with Crippen LogP contribution in [0.4, 0.5) is 0 Å². The van der Waals surface area contributed by atoms with Gasteiger partial charge in [0.2, 0.25) is 0 Å². The number of hydrogen-bond acceptors (Lipinski definition) is 5. The molecule has 0 aliphatic heterocycles. The average molecular weight is 727 g/mol. The van der Waals surface area contributed by atoms with Crippen molar-refractivity contribution in [3.8, 4) is 0 Å². The highest BCUT2D eigenvalue weighted by Crippen LogP contribution is 2.67. The summed E-state index contributed by atoms with van der Waals surface area (Å²) < 4.78 is 12.7. The Hall–Kier alpha value is -2.17. The Labute approximate surface area is 320 Å². The van der Waals surface area contributed by atoms with Gasteiger partial charge in [-0.1, -0.05) is 77.3 Å². The maximum atomic E-state index is 13.3. The first-order valence-electron chi connectivity index (χ1n) is 22.3. The lowest BCUT2D eigenvalue weighted by Gasteiger charge is -2.58. The number of rotatable bonds is 8. The van der Waals surface area contributed by atoms with E-state index in [9.17, 15) is 14.4 Å². The zero-order valence-electron chi connectivity index (χ0n) is 34.0. The van der Waals surface area contributed by atoms with E-state index in [1.165, 1.54) is 30.4 Å². The van der Waals surface area contributed by atoms with Crippen LogP contribution in [0.15, 0.2) is 35.5 Å². The molecule has 0 amide bonds. The number of carbonyl (C=O) groups is 3. The predicted octanol–water partition coefficient (Wildman–Crippen LogP) is 11.0. The fraction of sp³-hybridized carbons (Fsp3) is 0.812. The van der Waals surface area contributed by atoms with E-state index in [2.05, 4.69) is 54.2 Å². The zero-order valence-corrected chi connectivity index (χ0v) is 34.0. The summed E-state index contributed by atoms with van der Waals surface area (Å²) in [7, 11) is 0. The number of allylic oxidation sites excluding steroid dienone is 4. The molecule has 8 aliphatic rings. The molecule has 292 valence electrons. The molecule has 0 saturated heterocycles. The molecule has 0 aromatic carbocycles. The normalized spacial score (nSPS) is 47.1. The first-order valence-corrected chi connectivity index (χ1v) is 22.3. The third kappa shape index (κ3) is 6.56. The summed E-state index contributed by atoms with van der Waals surface area (Å²) in [6.07, 6.45) is 20.7. The van der Waals surface area contributed by atoms with Crippen LogP contribution < -0.4 is 0 Å². The van der Waals surface area contributed by atoms with Crippen LogP contribution in [0.25, 0.3) is 0 Å². The third-order valence-electron chi connectivity index (χ3n) is 17.6. The van der Waals surface area contributed by atoms with Crippen molar-refractivity contribution < 1.29 is 23.9 Å². The smallest absolute Gasteiger partial charge is 0.306 e. The molecule has 6 saturated carbocycles. The lowest BCUT2D eigenvalue weighted by atomic mass is 9.47. The van der Waals surface area contributed by atoms with Crippen LogP contribution in [0.5, 0.6) is 0 Å². The summed E-state index contributed by atoms with van der Waals surface area (Å²) in [5.41, 5.74) is 4.52. The van der Waals surface area contributed by atoms with Gasteiger partial charge in [-0.2, -0.15) is 0 Å². The summed E-state index contributed by atoms with van der Waals surface area (Å²) >= 11 is 0. The summed E-state index contributed by atoms with van der Waals surface area (Å²) in [4.78, 5) is 38.7. The van der Waals surface area contributed by atoms with E-state index in [1.54, 1.807) is 5.57 Å². The van der Waals surface area contributed by atoms with Gasteiger partial charge in [-0.15, -0.1) is 0 Å². The van der Waals surface area contributed by atoms with Crippen molar-refractivity contribution in [3.63, 3.8) is 0 Å². The van der Waals surface area contributed by atoms with Crippen molar-refractivity contribution in [1.29, 1.82) is 0 Å². The van der Waals surface area contributed by atoms with E-state index in [1.807, 2.05) is 6.08 Å². The SMILES string of the molecule is C=C1C=C2CC(C)C3C(C(C)CC4(C)C(OC(=O)CCCCCC(=O)OC5CCC6C7C(C)CC8=CC(=O)CCC8C7C(C)CC56C)CCC34)C2CC1. The summed E-state index contributed by atoms with van der Waals surface area (Å²) in [5, 5.41) is 0. The Morgan fingerprint density at radius 1 is 0.642 bits per heavy atom. The highest BCUT2D eigenvalue weighted by molar-refractivity contribution is 5.91. The molecule has 0 bridgehead atoms. The van der Waals surface area contributed by atoms with Gasteiger partial charge >= 0.3 is 11.9 Å². The Kier molecular flexibility index (Phi) is 10.3. The molecule has 0 aromatic heterocycles. The summed E-state index contributed by atoms with van der Waals surface area (Å²) in [5.74, 6) is 7.98. The molecule has 8 rings (SSSR count). The van der Waals surface area contributed by atoms with Gasteiger partial charge < -0.3 is 9.47 Å². The van der Waals surface area contributed by atoms with Crippen molar-refractivity contribution in [3.05, 3.63) is 35.5 Å². The largest absolute Gasteiger partial charge is 0.462 e. The number of ketones is 1. The number of carbonyl (C=O) groups excluding carboxylic acids is 3. The highest BCUT2D eigenvalue weighted by Gasteiger charge is 2.62. The van der Waals surface area contributed by atoms with E-state index >= 15 is 0 Å². The van der Waals surface area contributed by atoms with Crippen LogP contribution in [0.1, 0.15) is 151 Å². The minimum atomic E-state index is -0.0608. The molecule has 0 heterocycles. The first-order chi connectivity index (χ1) is 25.3. The second-order valence-electron chi connectivity index (χ2n) is 20.8. The maximum absolute atomic E-state index is 13.3. The number of fused-ring (bicyclic) bond motifs is 10. The molecule has 5 heteroatoms. The van der Waals surface area contributed by atoms with Crippen LogP contribution in [0.2, 0.25) is 0 Å². The predicted molar refractivity (Wildman–Crippen MR) is 209 cm³/mol. The molecule has 53 heavy (non-hydrogen) atoms. The van der Waals surface area contributed by atoms with Crippen molar-refractivity contribution in [2.75, 3.05) is 0 Å². The number of hydrogen-bond donors (Lipinski definition) is 0. The van der Waals surface area contributed by atoms with Gasteiger partial charge in [0.15, 0.2) is 5.78 Å². The molecule has 8 aliphatic carbocycles. The van der Waals surface area contributed by atoms with Crippen molar-refractivity contribution in [2.45, 2.75) is 163 Å². The Morgan fingerprint density at radius 3 is 1.62 bits per heavy atom. The molecular weight excluding hydrogens is 657 g/mol. The van der Waals surface area contributed by atoms with Crippen LogP contribution in [0.3, 0.4) is 0 Å². The van der Waals surface area contributed by atoms with Gasteiger partial charge in [0.05, 0.1) is 0 Å². The van der Waals surface area contributed by atoms with Crippen molar-refractivity contribution in [2.24, 2.45) is 81.8 Å². The fourth-order valence-corrected chi connectivity index (χ4v) is 15.8. The van der Waals surface area contributed by atoms with Gasteiger partial charge in [0.25, 0.3) is 0 Å².